The molecule has 1 N–H and O–H groups in total. The molecule has 0 aliphatic rings. The maximum absolute atomic E-state index is 12.0. The highest BCUT2D eigenvalue weighted by molar-refractivity contribution is 7.17. The van der Waals surface area contributed by atoms with E-state index in [1.54, 1.807) is 29.8 Å². The number of benzene rings is 2. The van der Waals surface area contributed by atoms with Crippen molar-refractivity contribution in [3.8, 4) is 5.75 Å². The third kappa shape index (κ3) is 3.15. The number of amides is 1. The van der Waals surface area contributed by atoms with Crippen LogP contribution in [0.5, 0.6) is 5.75 Å². The van der Waals surface area contributed by atoms with Gasteiger partial charge in [-0.2, -0.15) is 0 Å². The summed E-state index contributed by atoms with van der Waals surface area (Å²) in [4.78, 5) is 16.1. The maximum Gasteiger partial charge on any atom is 0.262 e. The third-order valence-electron chi connectivity index (χ3n) is 2.82. The molecule has 2 aromatic carbocycles. The lowest BCUT2D eigenvalue weighted by Crippen LogP contribution is -2.20. The molecule has 1 amide bonds. The van der Waals surface area contributed by atoms with Crippen molar-refractivity contribution < 1.29 is 9.53 Å². The van der Waals surface area contributed by atoms with Crippen molar-refractivity contribution in [3.05, 3.63) is 53.0 Å². The molecule has 21 heavy (non-hydrogen) atoms. The van der Waals surface area contributed by atoms with Crippen LogP contribution in [0.25, 0.3) is 10.2 Å². The van der Waals surface area contributed by atoms with Crippen LogP contribution in [0.3, 0.4) is 0 Å². The molecule has 0 aliphatic carbocycles. The second-order valence-electron chi connectivity index (χ2n) is 4.27. The van der Waals surface area contributed by atoms with Crippen LogP contribution in [0.1, 0.15) is 0 Å². The lowest BCUT2D eigenvalue weighted by atomic mass is 10.3. The Morgan fingerprint density at radius 1 is 1.24 bits per heavy atom. The number of thiazole rings is 1. The van der Waals surface area contributed by atoms with Gasteiger partial charge in [-0.15, -0.1) is 11.3 Å². The molecule has 1 aromatic heterocycles. The number of rotatable bonds is 4. The average Bonchev–Trinajstić information content (AvgIpc) is 3.00. The van der Waals surface area contributed by atoms with Crippen LogP contribution in [-0.4, -0.2) is 17.5 Å². The Kier molecular flexibility index (Phi) is 4.03. The number of para-hydroxylation sites is 1. The van der Waals surface area contributed by atoms with Crippen molar-refractivity contribution in [1.82, 2.24) is 4.98 Å². The quantitative estimate of drug-likeness (QED) is 0.792. The van der Waals surface area contributed by atoms with E-state index in [0.717, 1.165) is 4.70 Å². The Bertz CT molecular complexity index is 774. The zero-order chi connectivity index (χ0) is 14.7. The van der Waals surface area contributed by atoms with Gasteiger partial charge in [-0.1, -0.05) is 29.8 Å². The van der Waals surface area contributed by atoms with E-state index in [-0.39, 0.29) is 12.5 Å². The van der Waals surface area contributed by atoms with E-state index in [4.69, 9.17) is 16.3 Å². The van der Waals surface area contributed by atoms with Crippen LogP contribution in [0.2, 0.25) is 5.02 Å². The summed E-state index contributed by atoms with van der Waals surface area (Å²) in [6.45, 7) is -0.0487. The first kappa shape index (κ1) is 13.9. The Labute approximate surface area is 130 Å². The van der Waals surface area contributed by atoms with Crippen molar-refractivity contribution in [1.29, 1.82) is 0 Å². The van der Waals surface area contributed by atoms with Crippen LogP contribution in [0, 0.1) is 0 Å². The first-order valence-corrected chi connectivity index (χ1v) is 7.49. The molecule has 0 fully saturated rings. The average molecular weight is 319 g/mol. The minimum absolute atomic E-state index is 0.0487. The number of ether oxygens (including phenoxy) is 1. The number of hydrogen-bond donors (Lipinski definition) is 1. The van der Waals surface area contributed by atoms with Crippen LogP contribution >= 0.6 is 22.9 Å². The van der Waals surface area contributed by atoms with Crippen LogP contribution in [-0.2, 0) is 4.79 Å². The number of fused-ring (bicyclic) bond motifs is 1. The van der Waals surface area contributed by atoms with Gasteiger partial charge < -0.3 is 10.1 Å². The van der Waals surface area contributed by atoms with Crippen LogP contribution in [0.4, 0.5) is 5.69 Å². The number of anilines is 1. The molecule has 1 heterocycles. The van der Waals surface area contributed by atoms with Gasteiger partial charge in [-0.05, 0) is 24.3 Å². The molecule has 3 rings (SSSR count). The Hall–Kier alpha value is -2.11. The highest BCUT2D eigenvalue weighted by Gasteiger charge is 2.10. The Morgan fingerprint density at radius 2 is 2.05 bits per heavy atom. The fourth-order valence-electron chi connectivity index (χ4n) is 1.87. The standard InChI is InChI=1S/C15H11ClN2O2S/c16-11-6-7-12(15-14(11)17-9-21-15)18-13(19)8-20-10-4-2-1-3-5-10/h1-7,9H,8H2,(H,18,19). The molecule has 3 aromatic rings. The lowest BCUT2D eigenvalue weighted by molar-refractivity contribution is -0.118. The van der Waals surface area contributed by atoms with Crippen LogP contribution < -0.4 is 10.1 Å². The summed E-state index contributed by atoms with van der Waals surface area (Å²) in [5.41, 5.74) is 3.09. The summed E-state index contributed by atoms with van der Waals surface area (Å²) in [7, 11) is 0. The monoisotopic (exact) mass is 318 g/mol. The number of carbonyl (C=O) groups is 1. The first-order valence-electron chi connectivity index (χ1n) is 6.23. The van der Waals surface area contributed by atoms with Gasteiger partial charge in [0.2, 0.25) is 0 Å². The Morgan fingerprint density at radius 3 is 2.86 bits per heavy atom. The molecule has 0 atom stereocenters. The van der Waals surface area contributed by atoms with Crippen molar-refractivity contribution in [2.75, 3.05) is 11.9 Å². The maximum atomic E-state index is 12.0. The number of nitrogens with one attached hydrogen (secondary N) is 1. The predicted octanol–water partition coefficient (Wildman–Crippen LogP) is 3.97. The largest absolute Gasteiger partial charge is 0.484 e. The molecule has 0 saturated heterocycles. The summed E-state index contributed by atoms with van der Waals surface area (Å²) in [6.07, 6.45) is 0. The van der Waals surface area contributed by atoms with Crippen molar-refractivity contribution in [2.24, 2.45) is 0 Å². The SMILES string of the molecule is O=C(COc1ccccc1)Nc1ccc(Cl)c2ncsc12. The van der Waals surface area contributed by atoms with Crippen molar-refractivity contribution in [2.45, 2.75) is 0 Å². The molecular weight excluding hydrogens is 308 g/mol. The molecule has 4 nitrogen and oxygen atoms in total. The van der Waals surface area contributed by atoms with Crippen molar-refractivity contribution in [3.63, 3.8) is 0 Å². The molecule has 106 valence electrons. The van der Waals surface area contributed by atoms with E-state index in [0.29, 0.717) is 22.0 Å². The van der Waals surface area contributed by atoms with E-state index < -0.39 is 0 Å². The molecule has 0 radical (unpaired) electrons. The second kappa shape index (κ2) is 6.11. The number of nitrogens with zero attached hydrogens (tertiary/aromatic N) is 1. The molecule has 0 spiro atoms. The summed E-state index contributed by atoms with van der Waals surface area (Å²) in [5, 5.41) is 3.39. The number of hydrogen-bond acceptors (Lipinski definition) is 4. The second-order valence-corrected chi connectivity index (χ2v) is 5.54. The van der Waals surface area contributed by atoms with Crippen LogP contribution in [0.15, 0.2) is 48.0 Å². The molecule has 0 saturated carbocycles. The molecule has 6 heteroatoms. The van der Waals surface area contributed by atoms with Gasteiger partial charge in [-0.3, -0.25) is 4.79 Å². The zero-order valence-electron chi connectivity index (χ0n) is 10.9. The van der Waals surface area contributed by atoms with Gasteiger partial charge in [0.1, 0.15) is 11.3 Å². The van der Waals surface area contributed by atoms with Gasteiger partial charge in [-0.25, -0.2) is 4.98 Å². The van der Waals surface area contributed by atoms with E-state index in [1.807, 2.05) is 18.2 Å². The van der Waals surface area contributed by atoms with E-state index in [9.17, 15) is 4.79 Å². The van der Waals surface area contributed by atoms with E-state index in [1.165, 1.54) is 11.3 Å². The molecule has 0 bridgehead atoms. The molecule has 0 aliphatic heterocycles. The van der Waals surface area contributed by atoms with Crippen molar-refractivity contribution >= 4 is 44.7 Å². The van der Waals surface area contributed by atoms with Gasteiger partial charge in [0, 0.05) is 0 Å². The van der Waals surface area contributed by atoms with Gasteiger partial charge in [0.15, 0.2) is 6.61 Å². The summed E-state index contributed by atoms with van der Waals surface area (Å²) < 4.78 is 6.26. The third-order valence-corrected chi connectivity index (χ3v) is 3.99. The predicted molar refractivity (Wildman–Crippen MR) is 85.2 cm³/mol. The summed E-state index contributed by atoms with van der Waals surface area (Å²) in [5.74, 6) is 0.433. The van der Waals surface area contributed by atoms with E-state index >= 15 is 0 Å². The zero-order valence-corrected chi connectivity index (χ0v) is 12.4. The minimum Gasteiger partial charge on any atom is -0.484 e. The lowest BCUT2D eigenvalue weighted by Gasteiger charge is -2.08. The normalized spacial score (nSPS) is 10.5. The number of halogens is 1. The number of aromatic nitrogens is 1. The van der Waals surface area contributed by atoms with E-state index in [2.05, 4.69) is 10.3 Å². The topological polar surface area (TPSA) is 51.2 Å². The minimum atomic E-state index is -0.226. The Balaban J connectivity index is 1.69. The van der Waals surface area contributed by atoms with Gasteiger partial charge >= 0.3 is 0 Å². The number of carbonyl (C=O) groups excluding carboxylic acids is 1. The first-order chi connectivity index (χ1) is 10.2. The van der Waals surface area contributed by atoms with Gasteiger partial charge in [0.05, 0.1) is 20.9 Å². The summed E-state index contributed by atoms with van der Waals surface area (Å²) >= 11 is 7.49. The summed E-state index contributed by atoms with van der Waals surface area (Å²) in [6, 6.07) is 12.7. The molecule has 0 unspecified atom stereocenters. The van der Waals surface area contributed by atoms with Gasteiger partial charge in [0.25, 0.3) is 5.91 Å². The fourth-order valence-corrected chi connectivity index (χ4v) is 2.91. The highest BCUT2D eigenvalue weighted by Crippen LogP contribution is 2.31. The molecular formula is C15H11ClN2O2S. The highest BCUT2D eigenvalue weighted by atomic mass is 35.5. The fraction of sp³-hybridized carbons (Fsp3) is 0.0667. The smallest absolute Gasteiger partial charge is 0.262 e.